The number of rotatable bonds is 6. The highest BCUT2D eigenvalue weighted by molar-refractivity contribution is 5.78. The van der Waals surface area contributed by atoms with Gasteiger partial charge in [0.15, 0.2) is 0 Å². The number of nitrogens with zero attached hydrogens (tertiary/aromatic N) is 4. The summed E-state index contributed by atoms with van der Waals surface area (Å²) < 4.78 is 6.73. The predicted molar refractivity (Wildman–Crippen MR) is 110 cm³/mol. The Hall–Kier alpha value is -2.97. The number of amides is 1. The highest BCUT2D eigenvalue weighted by atomic mass is 16.5. The van der Waals surface area contributed by atoms with Crippen molar-refractivity contribution in [2.75, 3.05) is 19.7 Å². The molecule has 1 fully saturated rings. The third-order valence-corrected chi connectivity index (χ3v) is 5.48. The Balaban J connectivity index is 1.68. The number of likely N-dealkylation sites (tertiary alicyclic amines) is 1. The molecule has 9 heteroatoms. The lowest BCUT2D eigenvalue weighted by Gasteiger charge is -2.31. The van der Waals surface area contributed by atoms with Crippen LogP contribution in [-0.4, -0.2) is 56.2 Å². The molecule has 1 amide bonds. The van der Waals surface area contributed by atoms with Gasteiger partial charge < -0.3 is 9.64 Å². The number of piperidine rings is 1. The van der Waals surface area contributed by atoms with Gasteiger partial charge in [0.1, 0.15) is 0 Å². The summed E-state index contributed by atoms with van der Waals surface area (Å²) in [6, 6.07) is 1.43. The number of hydrogen-bond acceptors (Lipinski definition) is 6. The van der Waals surface area contributed by atoms with Crippen molar-refractivity contribution in [3.05, 3.63) is 39.1 Å². The molecule has 162 valence electrons. The first kappa shape index (κ1) is 21.7. The summed E-state index contributed by atoms with van der Waals surface area (Å²) in [5.41, 5.74) is 2.98. The summed E-state index contributed by atoms with van der Waals surface area (Å²) in [6.07, 6.45) is 2.43. The molecule has 30 heavy (non-hydrogen) atoms. The zero-order chi connectivity index (χ0) is 21.8. The number of aryl methyl sites for hydroxylation is 2. The Bertz CT molecular complexity index is 994. The molecule has 0 aliphatic carbocycles. The molecule has 2 aromatic heterocycles. The SMILES string of the molecule is CCOC(=O)[C@@H]1CCCN(C(=O)CCc2c(C)nn(-c3nc(C)cc(=O)[nH]3)c2C)C1. The van der Waals surface area contributed by atoms with Crippen molar-refractivity contribution in [1.29, 1.82) is 0 Å². The van der Waals surface area contributed by atoms with Crippen LogP contribution in [0.1, 0.15) is 48.8 Å². The number of aromatic amines is 1. The molecule has 1 N–H and O–H groups in total. The van der Waals surface area contributed by atoms with E-state index in [9.17, 15) is 14.4 Å². The molecule has 0 bridgehead atoms. The van der Waals surface area contributed by atoms with Crippen LogP contribution in [0.3, 0.4) is 0 Å². The second-order valence-electron chi connectivity index (χ2n) is 7.70. The first-order valence-corrected chi connectivity index (χ1v) is 10.4. The number of aromatic nitrogens is 4. The van der Waals surface area contributed by atoms with Crippen molar-refractivity contribution < 1.29 is 14.3 Å². The topological polar surface area (TPSA) is 110 Å². The van der Waals surface area contributed by atoms with Crippen LogP contribution in [0.25, 0.3) is 5.95 Å². The van der Waals surface area contributed by atoms with E-state index in [4.69, 9.17) is 4.74 Å². The van der Waals surface area contributed by atoms with E-state index in [1.165, 1.54) is 6.07 Å². The van der Waals surface area contributed by atoms with E-state index >= 15 is 0 Å². The lowest BCUT2D eigenvalue weighted by Crippen LogP contribution is -2.42. The van der Waals surface area contributed by atoms with Crippen LogP contribution >= 0.6 is 0 Å². The van der Waals surface area contributed by atoms with Crippen molar-refractivity contribution in [1.82, 2.24) is 24.6 Å². The van der Waals surface area contributed by atoms with Gasteiger partial charge in [-0.05, 0) is 52.5 Å². The van der Waals surface area contributed by atoms with Gasteiger partial charge in [0, 0.05) is 37.0 Å². The highest BCUT2D eigenvalue weighted by Crippen LogP contribution is 2.21. The van der Waals surface area contributed by atoms with Crippen molar-refractivity contribution in [3.8, 4) is 5.95 Å². The zero-order valence-corrected chi connectivity index (χ0v) is 18.0. The van der Waals surface area contributed by atoms with Gasteiger partial charge in [-0.25, -0.2) is 9.67 Å². The van der Waals surface area contributed by atoms with Crippen LogP contribution in [0.15, 0.2) is 10.9 Å². The smallest absolute Gasteiger partial charge is 0.310 e. The van der Waals surface area contributed by atoms with Gasteiger partial charge in [-0.3, -0.25) is 19.4 Å². The monoisotopic (exact) mass is 415 g/mol. The molecule has 1 aliphatic heterocycles. The average Bonchev–Trinajstić information content (AvgIpc) is 2.99. The standard InChI is InChI=1S/C21H29N5O4/c1-5-30-20(29)16-7-6-10-25(12-16)19(28)9-8-17-14(3)24-26(15(17)4)21-22-13(2)11-18(27)23-21/h11,16H,5-10,12H2,1-4H3,(H,22,23,27)/t16-/m1/s1. The number of ether oxygens (including phenoxy) is 1. The molecule has 0 unspecified atom stereocenters. The maximum absolute atomic E-state index is 12.8. The summed E-state index contributed by atoms with van der Waals surface area (Å²) in [4.78, 5) is 45.4. The Morgan fingerprint density at radius 2 is 2.07 bits per heavy atom. The van der Waals surface area contributed by atoms with Crippen LogP contribution < -0.4 is 5.56 Å². The van der Waals surface area contributed by atoms with E-state index in [0.29, 0.717) is 44.2 Å². The normalized spacial score (nSPS) is 16.5. The molecule has 1 aliphatic rings. The molecular weight excluding hydrogens is 386 g/mol. The molecule has 9 nitrogen and oxygen atoms in total. The number of hydrogen-bond donors (Lipinski definition) is 1. The number of H-pyrrole nitrogens is 1. The molecule has 0 spiro atoms. The first-order valence-electron chi connectivity index (χ1n) is 10.4. The average molecular weight is 415 g/mol. The quantitative estimate of drug-likeness (QED) is 0.718. The lowest BCUT2D eigenvalue weighted by atomic mass is 9.97. The van der Waals surface area contributed by atoms with Gasteiger partial charge in [-0.1, -0.05) is 0 Å². The molecule has 3 rings (SSSR count). The molecule has 0 aromatic carbocycles. The predicted octanol–water partition coefficient (Wildman–Crippen LogP) is 1.62. The van der Waals surface area contributed by atoms with E-state index in [1.54, 1.807) is 23.4 Å². The molecule has 0 radical (unpaired) electrons. The van der Waals surface area contributed by atoms with Crippen LogP contribution in [0.4, 0.5) is 0 Å². The summed E-state index contributed by atoms with van der Waals surface area (Å²) in [6.45, 7) is 8.77. The van der Waals surface area contributed by atoms with Crippen molar-refractivity contribution in [2.24, 2.45) is 5.92 Å². The minimum atomic E-state index is -0.238. The summed E-state index contributed by atoms with van der Waals surface area (Å²) in [7, 11) is 0. The number of esters is 1. The fourth-order valence-electron chi connectivity index (χ4n) is 3.95. The Kier molecular flexibility index (Phi) is 6.69. The molecule has 1 atom stereocenters. The fourth-order valence-corrected chi connectivity index (χ4v) is 3.95. The van der Waals surface area contributed by atoms with Gasteiger partial charge in [-0.15, -0.1) is 0 Å². The van der Waals surface area contributed by atoms with Crippen LogP contribution in [0.2, 0.25) is 0 Å². The lowest BCUT2D eigenvalue weighted by molar-refractivity contribution is -0.151. The first-order chi connectivity index (χ1) is 14.3. The van der Waals surface area contributed by atoms with Gasteiger partial charge in [0.2, 0.25) is 11.9 Å². The van der Waals surface area contributed by atoms with E-state index in [-0.39, 0.29) is 23.4 Å². The summed E-state index contributed by atoms with van der Waals surface area (Å²) >= 11 is 0. The number of carbonyl (C=O) groups excluding carboxylic acids is 2. The minimum Gasteiger partial charge on any atom is -0.466 e. The van der Waals surface area contributed by atoms with Crippen LogP contribution in [0.5, 0.6) is 0 Å². The summed E-state index contributed by atoms with van der Waals surface area (Å²) in [5.74, 6) is -0.0650. The van der Waals surface area contributed by atoms with Crippen molar-refractivity contribution in [3.63, 3.8) is 0 Å². The van der Waals surface area contributed by atoms with Crippen LogP contribution in [0, 0.1) is 26.7 Å². The second-order valence-corrected chi connectivity index (χ2v) is 7.70. The summed E-state index contributed by atoms with van der Waals surface area (Å²) in [5, 5.41) is 4.51. The van der Waals surface area contributed by atoms with Crippen molar-refractivity contribution >= 4 is 11.9 Å². The largest absolute Gasteiger partial charge is 0.466 e. The second kappa shape index (κ2) is 9.23. The van der Waals surface area contributed by atoms with Gasteiger partial charge in [0.25, 0.3) is 5.56 Å². The third-order valence-electron chi connectivity index (χ3n) is 5.48. The van der Waals surface area contributed by atoms with Crippen molar-refractivity contribution in [2.45, 2.75) is 53.4 Å². The maximum Gasteiger partial charge on any atom is 0.310 e. The van der Waals surface area contributed by atoms with E-state index in [0.717, 1.165) is 29.8 Å². The van der Waals surface area contributed by atoms with Crippen LogP contribution in [-0.2, 0) is 20.7 Å². The molecule has 0 saturated carbocycles. The Morgan fingerprint density at radius 3 is 2.77 bits per heavy atom. The molecular formula is C21H29N5O4. The fraction of sp³-hybridized carbons (Fsp3) is 0.571. The van der Waals surface area contributed by atoms with Gasteiger partial charge in [0.05, 0.1) is 18.2 Å². The zero-order valence-electron chi connectivity index (χ0n) is 18.0. The van der Waals surface area contributed by atoms with E-state index in [1.807, 2.05) is 13.8 Å². The van der Waals surface area contributed by atoms with E-state index in [2.05, 4.69) is 15.1 Å². The Labute approximate surface area is 175 Å². The molecule has 3 heterocycles. The molecule has 2 aromatic rings. The highest BCUT2D eigenvalue weighted by Gasteiger charge is 2.29. The molecule has 1 saturated heterocycles. The number of carbonyl (C=O) groups is 2. The van der Waals surface area contributed by atoms with Gasteiger partial charge >= 0.3 is 5.97 Å². The third kappa shape index (κ3) is 4.77. The van der Waals surface area contributed by atoms with E-state index < -0.39 is 0 Å². The maximum atomic E-state index is 12.8. The van der Waals surface area contributed by atoms with Gasteiger partial charge in [-0.2, -0.15) is 5.10 Å². The number of nitrogens with one attached hydrogen (secondary N) is 1. The minimum absolute atomic E-state index is 0.0256. The Morgan fingerprint density at radius 1 is 1.30 bits per heavy atom.